The molecule has 2 amide bonds. The van der Waals surface area contributed by atoms with E-state index in [0.717, 1.165) is 6.07 Å². The smallest absolute Gasteiger partial charge is 0.326 e. The summed E-state index contributed by atoms with van der Waals surface area (Å²) >= 11 is 1.28. The van der Waals surface area contributed by atoms with Crippen molar-refractivity contribution >= 4 is 35.5 Å². The SMILES string of the molecule is CC(C)C(Nc1ncc(CNC(=O)[C@@H]2SCCN2C(=O)CC(N)Cc2cc(F)c(F)cc2F)cn1)C(=O)O. The molecule has 0 bridgehead atoms. The average molecular weight is 555 g/mol. The first kappa shape index (κ1) is 29.2. The van der Waals surface area contributed by atoms with E-state index in [1.165, 1.54) is 29.1 Å². The van der Waals surface area contributed by atoms with E-state index in [9.17, 15) is 32.7 Å². The number of hydrogen-bond acceptors (Lipinski definition) is 8. The molecular formula is C24H29F3N6O4S. The van der Waals surface area contributed by atoms with Crippen molar-refractivity contribution in [2.45, 2.75) is 50.7 Å². The van der Waals surface area contributed by atoms with Crippen LogP contribution in [0.2, 0.25) is 0 Å². The van der Waals surface area contributed by atoms with E-state index >= 15 is 0 Å². The Balaban J connectivity index is 1.52. The van der Waals surface area contributed by atoms with E-state index in [4.69, 9.17) is 5.73 Å². The van der Waals surface area contributed by atoms with Crippen LogP contribution in [0.4, 0.5) is 19.1 Å². The van der Waals surface area contributed by atoms with Crippen molar-refractivity contribution in [3.63, 3.8) is 0 Å². The Bertz CT molecular complexity index is 1170. The number of thioether (sulfide) groups is 1. The normalized spacial score (nSPS) is 16.8. The van der Waals surface area contributed by atoms with E-state index < -0.39 is 52.7 Å². The summed E-state index contributed by atoms with van der Waals surface area (Å²) < 4.78 is 40.5. The van der Waals surface area contributed by atoms with Gasteiger partial charge < -0.3 is 26.4 Å². The minimum Gasteiger partial charge on any atom is -0.480 e. The quantitative estimate of drug-likeness (QED) is 0.305. The van der Waals surface area contributed by atoms with Crippen molar-refractivity contribution in [3.05, 3.63) is 53.1 Å². The number of carboxylic acid groups (broad SMARTS) is 1. The van der Waals surface area contributed by atoms with E-state index in [2.05, 4.69) is 20.6 Å². The Labute approximate surface area is 221 Å². The van der Waals surface area contributed by atoms with Gasteiger partial charge in [-0.25, -0.2) is 27.9 Å². The number of carbonyl (C=O) groups excluding carboxylic acids is 2. The number of aromatic nitrogens is 2. The highest BCUT2D eigenvalue weighted by molar-refractivity contribution is 8.00. The van der Waals surface area contributed by atoms with Gasteiger partial charge in [0.05, 0.1) is 0 Å². The number of anilines is 1. The van der Waals surface area contributed by atoms with Crippen LogP contribution in [-0.4, -0.2) is 67.5 Å². The highest BCUT2D eigenvalue weighted by atomic mass is 32.2. The van der Waals surface area contributed by atoms with Crippen LogP contribution in [-0.2, 0) is 27.3 Å². The molecule has 1 aliphatic rings. The van der Waals surface area contributed by atoms with Gasteiger partial charge >= 0.3 is 5.97 Å². The lowest BCUT2D eigenvalue weighted by Crippen LogP contribution is -2.46. The van der Waals surface area contributed by atoms with Gasteiger partial charge in [0.1, 0.15) is 11.9 Å². The molecule has 1 aliphatic heterocycles. The molecule has 1 aromatic heterocycles. The van der Waals surface area contributed by atoms with Gasteiger partial charge in [0.25, 0.3) is 5.91 Å². The maximum absolute atomic E-state index is 13.9. The summed E-state index contributed by atoms with van der Waals surface area (Å²) in [5.41, 5.74) is 6.40. The van der Waals surface area contributed by atoms with Crippen LogP contribution in [0.15, 0.2) is 24.5 Å². The Kier molecular flexibility index (Phi) is 9.91. The molecule has 10 nitrogen and oxygen atoms in total. The van der Waals surface area contributed by atoms with Gasteiger partial charge in [-0.3, -0.25) is 9.59 Å². The third kappa shape index (κ3) is 7.57. The van der Waals surface area contributed by atoms with E-state index in [1.54, 1.807) is 13.8 Å². The Hall–Kier alpha value is -3.39. The zero-order valence-corrected chi connectivity index (χ0v) is 21.6. The van der Waals surface area contributed by atoms with Crippen molar-refractivity contribution in [1.29, 1.82) is 0 Å². The Morgan fingerprint density at radius 2 is 1.82 bits per heavy atom. The molecule has 14 heteroatoms. The third-order valence-electron chi connectivity index (χ3n) is 5.83. The van der Waals surface area contributed by atoms with Crippen LogP contribution in [0.5, 0.6) is 0 Å². The largest absolute Gasteiger partial charge is 0.480 e. The molecule has 0 aliphatic carbocycles. The van der Waals surface area contributed by atoms with Crippen LogP contribution in [0.3, 0.4) is 0 Å². The first-order valence-corrected chi connectivity index (χ1v) is 12.9. The molecule has 2 unspecified atom stereocenters. The number of carbonyl (C=O) groups is 3. The summed E-state index contributed by atoms with van der Waals surface area (Å²) in [6.45, 7) is 3.91. The van der Waals surface area contributed by atoms with Gasteiger partial charge in [-0.1, -0.05) is 13.8 Å². The summed E-state index contributed by atoms with van der Waals surface area (Å²) in [5, 5.41) is 14.0. The molecule has 3 atom stereocenters. The minimum absolute atomic E-state index is 0.0830. The number of nitrogens with zero attached hydrogens (tertiary/aromatic N) is 3. The lowest BCUT2D eigenvalue weighted by Gasteiger charge is -2.24. The fourth-order valence-corrected chi connectivity index (χ4v) is 4.97. The fraction of sp³-hybridized carbons (Fsp3) is 0.458. The van der Waals surface area contributed by atoms with Crippen LogP contribution in [0.1, 0.15) is 31.4 Å². The van der Waals surface area contributed by atoms with E-state index in [0.29, 0.717) is 23.9 Å². The second kappa shape index (κ2) is 12.9. The first-order valence-electron chi connectivity index (χ1n) is 11.8. The lowest BCUT2D eigenvalue weighted by atomic mass is 10.0. The number of nitrogens with one attached hydrogen (secondary N) is 2. The fourth-order valence-electron chi connectivity index (χ4n) is 3.81. The molecule has 2 aromatic rings. The number of nitrogens with two attached hydrogens (primary N) is 1. The molecule has 1 aromatic carbocycles. The molecule has 38 heavy (non-hydrogen) atoms. The number of aliphatic carboxylic acids is 1. The molecule has 0 radical (unpaired) electrons. The molecular weight excluding hydrogens is 525 g/mol. The van der Waals surface area contributed by atoms with Gasteiger partial charge in [0, 0.05) is 55.3 Å². The number of hydrogen-bond donors (Lipinski definition) is 4. The van der Waals surface area contributed by atoms with Crippen molar-refractivity contribution in [3.8, 4) is 0 Å². The van der Waals surface area contributed by atoms with Gasteiger partial charge in [-0.15, -0.1) is 11.8 Å². The topological polar surface area (TPSA) is 151 Å². The van der Waals surface area contributed by atoms with Crippen LogP contribution in [0.25, 0.3) is 0 Å². The summed E-state index contributed by atoms with van der Waals surface area (Å²) in [7, 11) is 0. The predicted octanol–water partition coefficient (Wildman–Crippen LogP) is 1.89. The number of carboxylic acids is 1. The summed E-state index contributed by atoms with van der Waals surface area (Å²) in [6, 6.07) is -0.563. The van der Waals surface area contributed by atoms with Crippen molar-refractivity contribution < 1.29 is 32.7 Å². The second-order valence-corrected chi connectivity index (χ2v) is 10.4. The molecule has 1 fully saturated rings. The van der Waals surface area contributed by atoms with Crippen LogP contribution < -0.4 is 16.4 Å². The summed E-state index contributed by atoms with van der Waals surface area (Å²) in [5.74, 6) is -4.83. The molecule has 3 rings (SSSR count). The third-order valence-corrected chi connectivity index (χ3v) is 7.04. The lowest BCUT2D eigenvalue weighted by molar-refractivity contribution is -0.139. The number of rotatable bonds is 11. The standard InChI is InChI=1S/C24H29F3N6O4S/c1-12(2)20(23(36)37)32-24-30-10-13(11-31-24)9-29-21(35)22-33(3-4-38-22)19(34)7-15(28)5-14-6-17(26)18(27)8-16(14)25/h6,8,10-12,15,20,22H,3-5,7,9,28H2,1-2H3,(H,29,35)(H,36,37)(H,30,31,32)/t15?,20?,22-/m0/s1. The molecule has 5 N–H and O–H groups in total. The maximum atomic E-state index is 13.9. The molecule has 206 valence electrons. The number of benzene rings is 1. The van der Waals surface area contributed by atoms with Crippen molar-refractivity contribution in [2.75, 3.05) is 17.6 Å². The van der Waals surface area contributed by atoms with Gasteiger partial charge in [-0.05, 0) is 24.0 Å². The maximum Gasteiger partial charge on any atom is 0.326 e. The first-order chi connectivity index (χ1) is 18.0. The average Bonchev–Trinajstić information content (AvgIpc) is 3.35. The molecule has 0 saturated carbocycles. The van der Waals surface area contributed by atoms with Gasteiger partial charge in [0.15, 0.2) is 17.0 Å². The Morgan fingerprint density at radius 1 is 1.16 bits per heavy atom. The van der Waals surface area contributed by atoms with Gasteiger partial charge in [-0.2, -0.15) is 0 Å². The molecule has 2 heterocycles. The van der Waals surface area contributed by atoms with E-state index in [-0.39, 0.29) is 36.8 Å². The van der Waals surface area contributed by atoms with Crippen molar-refractivity contribution in [1.82, 2.24) is 20.2 Å². The zero-order chi connectivity index (χ0) is 28.0. The van der Waals surface area contributed by atoms with Crippen LogP contribution in [0, 0.1) is 23.4 Å². The summed E-state index contributed by atoms with van der Waals surface area (Å²) in [6.07, 6.45) is 2.52. The number of halogens is 3. The Morgan fingerprint density at radius 3 is 2.45 bits per heavy atom. The van der Waals surface area contributed by atoms with E-state index in [1.807, 2.05) is 0 Å². The minimum atomic E-state index is -1.31. The van der Waals surface area contributed by atoms with Crippen molar-refractivity contribution in [2.24, 2.45) is 11.7 Å². The number of amides is 2. The predicted molar refractivity (Wildman–Crippen MR) is 134 cm³/mol. The molecule has 0 spiro atoms. The van der Waals surface area contributed by atoms with Gasteiger partial charge in [0.2, 0.25) is 11.9 Å². The second-order valence-electron chi connectivity index (χ2n) is 9.17. The highest BCUT2D eigenvalue weighted by Gasteiger charge is 2.35. The monoisotopic (exact) mass is 554 g/mol. The molecule has 1 saturated heterocycles. The summed E-state index contributed by atoms with van der Waals surface area (Å²) in [4.78, 5) is 46.5. The van der Waals surface area contributed by atoms with Crippen LogP contribution >= 0.6 is 11.8 Å². The highest BCUT2D eigenvalue weighted by Crippen LogP contribution is 2.25. The zero-order valence-electron chi connectivity index (χ0n) is 20.8.